The van der Waals surface area contributed by atoms with Crippen LogP contribution in [0.3, 0.4) is 0 Å². The fourth-order valence-electron chi connectivity index (χ4n) is 3.13. The number of ether oxygens (including phenoxy) is 1. The molecule has 0 saturated heterocycles. The predicted octanol–water partition coefficient (Wildman–Crippen LogP) is 2.76. The fourth-order valence-corrected chi connectivity index (χ4v) is 4.15. The second-order valence-electron chi connectivity index (χ2n) is 6.72. The lowest BCUT2D eigenvalue weighted by Gasteiger charge is -2.05. The highest BCUT2D eigenvalue weighted by Gasteiger charge is 2.18. The largest absolute Gasteiger partial charge is 0.497 e. The van der Waals surface area contributed by atoms with E-state index in [0.29, 0.717) is 24.4 Å². The van der Waals surface area contributed by atoms with Crippen molar-refractivity contribution in [3.63, 3.8) is 0 Å². The van der Waals surface area contributed by atoms with Gasteiger partial charge in [0.25, 0.3) is 11.5 Å². The van der Waals surface area contributed by atoms with Crippen LogP contribution in [-0.4, -0.2) is 38.7 Å². The Morgan fingerprint density at radius 2 is 2.03 bits per heavy atom. The number of hydrogen-bond donors (Lipinski definition) is 1. The summed E-state index contributed by atoms with van der Waals surface area (Å²) >= 11 is 1.36. The minimum atomic E-state index is -0.146. The third kappa shape index (κ3) is 3.97. The Labute approximate surface area is 176 Å². The smallest absolute Gasteiger partial charge is 0.266 e. The Morgan fingerprint density at radius 1 is 1.23 bits per heavy atom. The molecule has 3 heterocycles. The van der Waals surface area contributed by atoms with Crippen LogP contribution in [-0.2, 0) is 6.54 Å². The topological polar surface area (TPSA) is 90.5 Å². The van der Waals surface area contributed by atoms with Crippen LogP contribution < -0.4 is 15.6 Å². The number of aryl methyl sites for hydroxylation is 2. The second kappa shape index (κ2) is 8.50. The molecule has 30 heavy (non-hydrogen) atoms. The number of nitrogens with one attached hydrogen (secondary N) is 1. The van der Waals surface area contributed by atoms with Gasteiger partial charge in [-0.1, -0.05) is 11.3 Å². The normalized spacial score (nSPS) is 11.0. The van der Waals surface area contributed by atoms with E-state index in [1.165, 1.54) is 22.1 Å². The summed E-state index contributed by atoms with van der Waals surface area (Å²) in [6.45, 7) is 2.82. The first-order valence-electron chi connectivity index (χ1n) is 9.50. The number of hydrogen-bond acceptors (Lipinski definition) is 6. The minimum absolute atomic E-state index is 0.137. The maximum Gasteiger partial charge on any atom is 0.266 e. The third-order valence-electron chi connectivity index (χ3n) is 4.77. The van der Waals surface area contributed by atoms with Gasteiger partial charge in [-0.15, -0.1) is 0 Å². The molecule has 4 rings (SSSR count). The Hall–Kier alpha value is -3.46. The maximum absolute atomic E-state index is 12.6. The van der Waals surface area contributed by atoms with Crippen molar-refractivity contribution < 1.29 is 9.53 Å². The summed E-state index contributed by atoms with van der Waals surface area (Å²) in [6, 6.07) is 10.8. The molecule has 0 spiro atoms. The standard InChI is InChI=1S/C21H21N5O3S/c1-14-19(20(28)22-10-4-12-26-18(27)5-3-11-23-26)30-21-24-17(13-25(14)21)15-6-8-16(29-2)9-7-15/h3,5-9,11,13H,4,10,12H2,1-2H3,(H,22,28). The first kappa shape index (κ1) is 19.8. The first-order chi connectivity index (χ1) is 14.6. The number of thiazole rings is 1. The van der Waals surface area contributed by atoms with Gasteiger partial charge in [-0.2, -0.15) is 5.10 Å². The molecule has 3 aromatic heterocycles. The number of fused-ring (bicyclic) bond motifs is 1. The molecule has 1 amide bonds. The molecule has 0 aliphatic rings. The van der Waals surface area contributed by atoms with Crippen molar-refractivity contribution in [1.82, 2.24) is 24.5 Å². The number of carbonyl (C=O) groups excluding carboxylic acids is 1. The van der Waals surface area contributed by atoms with E-state index in [0.717, 1.165) is 27.7 Å². The summed E-state index contributed by atoms with van der Waals surface area (Å²) in [5.74, 6) is 0.658. The molecule has 1 aromatic carbocycles. The predicted molar refractivity (Wildman–Crippen MR) is 115 cm³/mol. The summed E-state index contributed by atoms with van der Waals surface area (Å²) in [4.78, 5) is 30.3. The molecular formula is C21H21N5O3S. The number of nitrogens with zero attached hydrogens (tertiary/aromatic N) is 4. The number of imidazole rings is 1. The van der Waals surface area contributed by atoms with E-state index in [1.807, 2.05) is 41.8 Å². The molecular weight excluding hydrogens is 402 g/mol. The van der Waals surface area contributed by atoms with Gasteiger partial charge in [0.1, 0.15) is 10.6 Å². The van der Waals surface area contributed by atoms with Crippen molar-refractivity contribution in [2.45, 2.75) is 19.9 Å². The van der Waals surface area contributed by atoms with E-state index in [-0.39, 0.29) is 11.5 Å². The van der Waals surface area contributed by atoms with Crippen molar-refractivity contribution in [3.8, 4) is 17.0 Å². The van der Waals surface area contributed by atoms with Gasteiger partial charge in [-0.05, 0) is 43.7 Å². The molecule has 0 unspecified atom stereocenters. The van der Waals surface area contributed by atoms with Gasteiger partial charge < -0.3 is 10.1 Å². The summed E-state index contributed by atoms with van der Waals surface area (Å²) in [5, 5.41) is 6.92. The van der Waals surface area contributed by atoms with Crippen molar-refractivity contribution >= 4 is 22.2 Å². The average Bonchev–Trinajstić information content (AvgIpc) is 3.32. The molecule has 0 aliphatic heterocycles. The van der Waals surface area contributed by atoms with Crippen LogP contribution in [0.1, 0.15) is 21.8 Å². The van der Waals surface area contributed by atoms with Gasteiger partial charge in [0.15, 0.2) is 4.96 Å². The van der Waals surface area contributed by atoms with E-state index in [4.69, 9.17) is 4.74 Å². The third-order valence-corrected chi connectivity index (χ3v) is 5.92. The second-order valence-corrected chi connectivity index (χ2v) is 7.70. The monoisotopic (exact) mass is 423 g/mol. The van der Waals surface area contributed by atoms with Crippen LogP contribution in [0.15, 0.2) is 53.6 Å². The molecule has 0 saturated carbocycles. The van der Waals surface area contributed by atoms with Gasteiger partial charge in [0, 0.05) is 42.8 Å². The number of amides is 1. The molecule has 0 aliphatic carbocycles. The van der Waals surface area contributed by atoms with Crippen LogP contribution in [0.5, 0.6) is 5.75 Å². The highest BCUT2D eigenvalue weighted by atomic mass is 32.1. The van der Waals surface area contributed by atoms with Crippen molar-refractivity contribution in [3.05, 3.63) is 69.7 Å². The molecule has 0 radical (unpaired) electrons. The highest BCUT2D eigenvalue weighted by molar-refractivity contribution is 7.19. The average molecular weight is 423 g/mol. The Kier molecular flexibility index (Phi) is 5.62. The van der Waals surface area contributed by atoms with Crippen molar-refractivity contribution in [1.29, 1.82) is 0 Å². The van der Waals surface area contributed by atoms with Crippen LogP contribution in [0, 0.1) is 6.92 Å². The maximum atomic E-state index is 12.6. The fraction of sp³-hybridized carbons (Fsp3) is 0.238. The van der Waals surface area contributed by atoms with Gasteiger partial charge in [-0.25, -0.2) is 9.67 Å². The minimum Gasteiger partial charge on any atom is -0.497 e. The van der Waals surface area contributed by atoms with Gasteiger partial charge in [0.05, 0.1) is 12.8 Å². The highest BCUT2D eigenvalue weighted by Crippen LogP contribution is 2.28. The number of carbonyl (C=O) groups is 1. The summed E-state index contributed by atoms with van der Waals surface area (Å²) < 4.78 is 8.52. The Bertz CT molecular complexity index is 1240. The Balaban J connectivity index is 1.42. The SMILES string of the molecule is COc1ccc(-c2cn3c(C)c(C(=O)NCCCn4ncccc4=O)sc3n2)cc1. The number of methoxy groups -OCH3 is 1. The quantitative estimate of drug-likeness (QED) is 0.462. The molecule has 154 valence electrons. The van der Waals surface area contributed by atoms with Crippen molar-refractivity contribution in [2.24, 2.45) is 0 Å². The van der Waals surface area contributed by atoms with E-state index in [2.05, 4.69) is 15.4 Å². The van der Waals surface area contributed by atoms with Crippen LogP contribution in [0.25, 0.3) is 16.2 Å². The van der Waals surface area contributed by atoms with E-state index >= 15 is 0 Å². The molecule has 0 fully saturated rings. The van der Waals surface area contributed by atoms with Gasteiger partial charge in [-0.3, -0.25) is 14.0 Å². The molecule has 8 nitrogen and oxygen atoms in total. The Morgan fingerprint density at radius 3 is 2.73 bits per heavy atom. The zero-order chi connectivity index (χ0) is 21.1. The summed E-state index contributed by atoms with van der Waals surface area (Å²) in [7, 11) is 1.63. The van der Waals surface area contributed by atoms with Crippen molar-refractivity contribution in [2.75, 3.05) is 13.7 Å². The summed E-state index contributed by atoms with van der Waals surface area (Å²) in [6.07, 6.45) is 4.13. The number of rotatable bonds is 7. The van der Waals surface area contributed by atoms with Gasteiger partial charge in [0.2, 0.25) is 0 Å². The number of aromatic nitrogens is 4. The van der Waals surface area contributed by atoms with Crippen LogP contribution in [0.2, 0.25) is 0 Å². The lowest BCUT2D eigenvalue weighted by atomic mass is 10.2. The van der Waals surface area contributed by atoms with E-state index in [9.17, 15) is 9.59 Å². The van der Waals surface area contributed by atoms with Crippen LogP contribution >= 0.6 is 11.3 Å². The zero-order valence-corrected chi connectivity index (χ0v) is 17.5. The molecule has 9 heteroatoms. The molecule has 4 aromatic rings. The van der Waals surface area contributed by atoms with E-state index < -0.39 is 0 Å². The zero-order valence-electron chi connectivity index (χ0n) is 16.7. The molecule has 0 bridgehead atoms. The first-order valence-corrected chi connectivity index (χ1v) is 10.3. The lowest BCUT2D eigenvalue weighted by Crippen LogP contribution is -2.27. The lowest BCUT2D eigenvalue weighted by molar-refractivity contribution is 0.0955. The summed E-state index contributed by atoms with van der Waals surface area (Å²) in [5.41, 5.74) is 2.54. The van der Waals surface area contributed by atoms with Crippen LogP contribution in [0.4, 0.5) is 0 Å². The molecule has 0 atom stereocenters. The van der Waals surface area contributed by atoms with Gasteiger partial charge >= 0.3 is 0 Å². The molecule has 1 N–H and O–H groups in total. The number of benzene rings is 1. The van der Waals surface area contributed by atoms with E-state index in [1.54, 1.807) is 19.4 Å².